The predicted octanol–water partition coefficient (Wildman–Crippen LogP) is 1.80. The zero-order chi connectivity index (χ0) is 14.7. The molecule has 1 saturated heterocycles. The zero-order valence-corrected chi connectivity index (χ0v) is 12.4. The molecule has 5 nitrogen and oxygen atoms in total. The maximum atomic E-state index is 13.5. The number of nitrogens with zero attached hydrogens (tertiary/aromatic N) is 2. The van der Waals surface area contributed by atoms with Crippen LogP contribution in [0.25, 0.3) is 0 Å². The molecule has 1 aromatic carbocycles. The van der Waals surface area contributed by atoms with E-state index in [9.17, 15) is 14.3 Å². The summed E-state index contributed by atoms with van der Waals surface area (Å²) in [4.78, 5) is 18.5. The summed E-state index contributed by atoms with van der Waals surface area (Å²) in [7, 11) is 1.43. The van der Waals surface area contributed by atoms with E-state index in [0.29, 0.717) is 16.6 Å². The quantitative estimate of drug-likeness (QED) is 0.850. The number of likely N-dealkylation sites (tertiary alicyclic amines) is 1. The smallest absolute Gasteiger partial charge is 0.254 e. The Hall–Kier alpha value is -1.47. The molecular weight excluding hydrogens is 331 g/mol. The number of aliphatic hydroxyl groups is 1. The Morgan fingerprint density at radius 2 is 2.40 bits per heavy atom. The fraction of sp³-hybridized carbons (Fsp3) is 0.385. The van der Waals surface area contributed by atoms with Crippen molar-refractivity contribution in [2.75, 3.05) is 20.3 Å². The molecular formula is C13H14BrFN2O3. The van der Waals surface area contributed by atoms with Crippen LogP contribution in [0.4, 0.5) is 4.39 Å². The predicted molar refractivity (Wildman–Crippen MR) is 75.1 cm³/mol. The van der Waals surface area contributed by atoms with Gasteiger partial charge in [0.1, 0.15) is 12.9 Å². The van der Waals surface area contributed by atoms with E-state index in [1.54, 1.807) is 0 Å². The van der Waals surface area contributed by atoms with Crippen molar-refractivity contribution in [3.63, 3.8) is 0 Å². The molecule has 1 heterocycles. The number of aliphatic hydroxyl groups excluding tert-OH is 1. The Labute approximate surface area is 124 Å². The fourth-order valence-corrected chi connectivity index (χ4v) is 2.41. The molecule has 1 fully saturated rings. The standard InChI is InChI=1S/C13H14BrFN2O3/c1-20-16-9-5-10(7-18)17(6-9)13(19)8-2-3-11(14)12(15)4-8/h2-4,10,18H,5-7H2,1H3. The Bertz CT molecular complexity index is 550. The van der Waals surface area contributed by atoms with Gasteiger partial charge in [-0.15, -0.1) is 0 Å². The van der Waals surface area contributed by atoms with Crippen molar-refractivity contribution in [2.24, 2.45) is 5.16 Å². The number of carbonyl (C=O) groups is 1. The largest absolute Gasteiger partial charge is 0.399 e. The van der Waals surface area contributed by atoms with Gasteiger partial charge < -0.3 is 14.8 Å². The molecule has 1 atom stereocenters. The van der Waals surface area contributed by atoms with Crippen molar-refractivity contribution in [2.45, 2.75) is 12.5 Å². The summed E-state index contributed by atoms with van der Waals surface area (Å²) in [5.41, 5.74) is 0.917. The van der Waals surface area contributed by atoms with Gasteiger partial charge in [-0.3, -0.25) is 4.79 Å². The van der Waals surface area contributed by atoms with Crippen LogP contribution in [0.5, 0.6) is 0 Å². The second-order valence-electron chi connectivity index (χ2n) is 4.44. The van der Waals surface area contributed by atoms with E-state index >= 15 is 0 Å². The van der Waals surface area contributed by atoms with Crippen molar-refractivity contribution in [3.8, 4) is 0 Å². The summed E-state index contributed by atoms with van der Waals surface area (Å²) >= 11 is 3.04. The van der Waals surface area contributed by atoms with Crippen LogP contribution in [-0.2, 0) is 4.84 Å². The maximum Gasteiger partial charge on any atom is 0.254 e. The van der Waals surface area contributed by atoms with Gasteiger partial charge in [0.25, 0.3) is 5.91 Å². The van der Waals surface area contributed by atoms with Crippen LogP contribution < -0.4 is 0 Å². The van der Waals surface area contributed by atoms with E-state index in [1.165, 1.54) is 30.2 Å². The molecule has 1 aliphatic heterocycles. The minimum Gasteiger partial charge on any atom is -0.399 e. The molecule has 1 aliphatic rings. The van der Waals surface area contributed by atoms with E-state index in [0.717, 1.165) is 0 Å². The van der Waals surface area contributed by atoms with Gasteiger partial charge in [-0.05, 0) is 34.1 Å². The summed E-state index contributed by atoms with van der Waals surface area (Å²) in [6.45, 7) is 0.100. The van der Waals surface area contributed by atoms with Crippen LogP contribution in [0.15, 0.2) is 27.8 Å². The highest BCUT2D eigenvalue weighted by Crippen LogP contribution is 2.21. The average Bonchev–Trinajstić information content (AvgIpc) is 2.84. The minimum absolute atomic E-state index is 0.173. The Morgan fingerprint density at radius 1 is 1.65 bits per heavy atom. The summed E-state index contributed by atoms with van der Waals surface area (Å²) in [5.74, 6) is -0.835. The van der Waals surface area contributed by atoms with Gasteiger partial charge in [-0.2, -0.15) is 0 Å². The first-order valence-electron chi connectivity index (χ1n) is 6.02. The van der Waals surface area contributed by atoms with Crippen LogP contribution in [0.1, 0.15) is 16.8 Å². The molecule has 108 valence electrons. The second-order valence-corrected chi connectivity index (χ2v) is 5.30. The lowest BCUT2D eigenvalue weighted by Gasteiger charge is -2.22. The Kier molecular flexibility index (Phi) is 4.72. The normalized spacial score (nSPS) is 20.5. The first-order valence-corrected chi connectivity index (χ1v) is 6.82. The van der Waals surface area contributed by atoms with Crippen LogP contribution in [0.2, 0.25) is 0 Å². The van der Waals surface area contributed by atoms with Crippen LogP contribution in [0, 0.1) is 5.82 Å². The number of rotatable bonds is 3. The SMILES string of the molecule is CON=C1CC(CO)N(C(=O)c2ccc(Br)c(F)c2)C1. The molecule has 1 amide bonds. The van der Waals surface area contributed by atoms with Gasteiger partial charge in [0.15, 0.2) is 0 Å². The number of hydrogen-bond donors (Lipinski definition) is 1. The fourth-order valence-electron chi connectivity index (χ4n) is 2.16. The topological polar surface area (TPSA) is 62.1 Å². The molecule has 0 radical (unpaired) electrons. The molecule has 2 rings (SSSR count). The number of carbonyl (C=O) groups excluding carboxylic acids is 1. The lowest BCUT2D eigenvalue weighted by molar-refractivity contribution is 0.0679. The minimum atomic E-state index is -0.499. The van der Waals surface area contributed by atoms with Gasteiger partial charge in [0.05, 0.1) is 29.4 Å². The molecule has 20 heavy (non-hydrogen) atoms. The van der Waals surface area contributed by atoms with E-state index in [-0.39, 0.29) is 30.7 Å². The van der Waals surface area contributed by atoms with Crippen molar-refractivity contribution in [1.29, 1.82) is 0 Å². The van der Waals surface area contributed by atoms with E-state index in [1.807, 2.05) is 0 Å². The molecule has 0 aromatic heterocycles. The number of halogens is 2. The van der Waals surface area contributed by atoms with E-state index in [4.69, 9.17) is 0 Å². The zero-order valence-electron chi connectivity index (χ0n) is 10.8. The van der Waals surface area contributed by atoms with Gasteiger partial charge >= 0.3 is 0 Å². The number of benzene rings is 1. The van der Waals surface area contributed by atoms with Gasteiger partial charge in [-0.1, -0.05) is 5.16 Å². The lowest BCUT2D eigenvalue weighted by atomic mass is 10.1. The summed E-state index contributed by atoms with van der Waals surface area (Å²) in [6.07, 6.45) is 0.453. The Morgan fingerprint density at radius 3 is 3.00 bits per heavy atom. The third-order valence-electron chi connectivity index (χ3n) is 3.12. The van der Waals surface area contributed by atoms with Gasteiger partial charge in [0.2, 0.25) is 0 Å². The highest BCUT2D eigenvalue weighted by molar-refractivity contribution is 9.10. The third kappa shape index (κ3) is 2.99. The third-order valence-corrected chi connectivity index (χ3v) is 3.77. The highest BCUT2D eigenvalue weighted by atomic mass is 79.9. The number of amides is 1. The molecule has 0 saturated carbocycles. The van der Waals surface area contributed by atoms with Gasteiger partial charge in [-0.25, -0.2) is 4.39 Å². The van der Waals surface area contributed by atoms with Crippen LogP contribution in [-0.4, -0.2) is 47.9 Å². The van der Waals surface area contributed by atoms with E-state index < -0.39 is 5.82 Å². The average molecular weight is 345 g/mol. The van der Waals surface area contributed by atoms with Crippen molar-refractivity contribution in [3.05, 3.63) is 34.1 Å². The molecule has 7 heteroatoms. The number of oxime groups is 1. The molecule has 1 unspecified atom stereocenters. The molecule has 0 spiro atoms. The first-order chi connectivity index (χ1) is 9.56. The molecule has 1 aromatic rings. The molecule has 0 aliphatic carbocycles. The monoisotopic (exact) mass is 344 g/mol. The summed E-state index contributed by atoms with van der Waals surface area (Å²) in [5, 5.41) is 13.2. The van der Waals surface area contributed by atoms with Crippen molar-refractivity contribution in [1.82, 2.24) is 4.90 Å². The lowest BCUT2D eigenvalue weighted by Crippen LogP contribution is -2.37. The first kappa shape index (κ1) is 14.9. The summed E-state index contributed by atoms with van der Waals surface area (Å²) < 4.78 is 13.8. The molecule has 0 bridgehead atoms. The summed E-state index contributed by atoms with van der Waals surface area (Å²) in [6, 6.07) is 3.83. The van der Waals surface area contributed by atoms with Gasteiger partial charge in [0, 0.05) is 12.0 Å². The second kappa shape index (κ2) is 6.32. The van der Waals surface area contributed by atoms with E-state index in [2.05, 4.69) is 25.9 Å². The maximum absolute atomic E-state index is 13.5. The van der Waals surface area contributed by atoms with Crippen molar-refractivity contribution < 1.29 is 19.1 Å². The Balaban J connectivity index is 2.23. The van der Waals surface area contributed by atoms with Crippen molar-refractivity contribution >= 4 is 27.5 Å². The van der Waals surface area contributed by atoms with Crippen LogP contribution in [0.3, 0.4) is 0 Å². The number of hydrogen-bond acceptors (Lipinski definition) is 4. The molecule has 1 N–H and O–H groups in total. The van der Waals surface area contributed by atoms with Crippen LogP contribution >= 0.6 is 15.9 Å². The highest BCUT2D eigenvalue weighted by Gasteiger charge is 2.33.